The van der Waals surface area contributed by atoms with Crippen molar-refractivity contribution in [2.45, 2.75) is 31.4 Å². The molecule has 1 heterocycles. The highest BCUT2D eigenvalue weighted by molar-refractivity contribution is 5.85. The number of benzene rings is 2. The molecule has 0 aliphatic carbocycles. The highest BCUT2D eigenvalue weighted by Crippen LogP contribution is 2.25. The molecule has 6 nitrogen and oxygen atoms in total. The molecular formula is C22H24FNO5. The van der Waals surface area contributed by atoms with Gasteiger partial charge in [0, 0.05) is 26.5 Å². The number of halogens is 1. The number of hydrogen-bond acceptors (Lipinski definition) is 5. The van der Waals surface area contributed by atoms with Crippen LogP contribution < -0.4 is 4.74 Å². The lowest BCUT2D eigenvalue weighted by Crippen LogP contribution is -2.41. The van der Waals surface area contributed by atoms with Gasteiger partial charge in [0.2, 0.25) is 5.91 Å². The number of likely N-dealkylation sites (tertiary alicyclic amines) is 1. The molecule has 154 valence electrons. The molecule has 2 aromatic carbocycles. The minimum absolute atomic E-state index is 0.121. The van der Waals surface area contributed by atoms with Crippen molar-refractivity contribution in [1.82, 2.24) is 4.90 Å². The van der Waals surface area contributed by atoms with Crippen LogP contribution in [0.15, 0.2) is 48.5 Å². The highest BCUT2D eigenvalue weighted by atomic mass is 19.1. The van der Waals surface area contributed by atoms with Gasteiger partial charge in [-0.25, -0.2) is 9.18 Å². The largest absolute Gasteiger partial charge is 0.467 e. The molecule has 29 heavy (non-hydrogen) atoms. The minimum Gasteiger partial charge on any atom is -0.467 e. The van der Waals surface area contributed by atoms with Crippen molar-refractivity contribution in [3.8, 4) is 11.5 Å². The number of rotatable bonds is 7. The minimum atomic E-state index is -0.606. The van der Waals surface area contributed by atoms with Gasteiger partial charge in [0.15, 0.2) is 0 Å². The Labute approximate surface area is 169 Å². The smallest absolute Gasteiger partial charge is 0.328 e. The summed E-state index contributed by atoms with van der Waals surface area (Å²) in [6.45, 7) is 0.378. The van der Waals surface area contributed by atoms with Crippen LogP contribution in [-0.4, -0.2) is 49.7 Å². The van der Waals surface area contributed by atoms with Crippen LogP contribution in [0.4, 0.5) is 4.39 Å². The molecule has 0 N–H and O–H groups in total. The molecule has 1 amide bonds. The van der Waals surface area contributed by atoms with Crippen molar-refractivity contribution in [2.24, 2.45) is 0 Å². The van der Waals surface area contributed by atoms with Gasteiger partial charge in [0.05, 0.1) is 13.2 Å². The normalized spacial score (nSPS) is 18.5. The van der Waals surface area contributed by atoms with Gasteiger partial charge in [-0.15, -0.1) is 0 Å². The van der Waals surface area contributed by atoms with Gasteiger partial charge in [-0.1, -0.05) is 12.1 Å². The molecule has 0 spiro atoms. The fourth-order valence-electron chi connectivity index (χ4n) is 3.40. The summed E-state index contributed by atoms with van der Waals surface area (Å²) in [5, 5.41) is 0. The van der Waals surface area contributed by atoms with Gasteiger partial charge >= 0.3 is 5.97 Å². The van der Waals surface area contributed by atoms with E-state index in [-0.39, 0.29) is 24.2 Å². The standard InChI is InChI=1S/C22H24FNO5/c1-27-19-13-20(22(26)28-2)24(14-19)21(25)11-6-15-4-3-5-18(12-15)29-17-9-7-16(23)8-10-17/h3-5,7-10,12,19-20H,6,11,13-14H2,1-2H3/t19-,20+/m1/s1. The Bertz CT molecular complexity index is 855. The van der Waals surface area contributed by atoms with Gasteiger partial charge < -0.3 is 19.1 Å². The molecule has 0 radical (unpaired) electrons. The van der Waals surface area contributed by atoms with E-state index in [0.29, 0.717) is 30.9 Å². The Morgan fingerprint density at radius 3 is 2.55 bits per heavy atom. The fourth-order valence-corrected chi connectivity index (χ4v) is 3.40. The zero-order chi connectivity index (χ0) is 20.8. The number of amides is 1. The summed E-state index contributed by atoms with van der Waals surface area (Å²) in [6, 6.07) is 12.6. The lowest BCUT2D eigenvalue weighted by molar-refractivity contribution is -0.150. The predicted molar refractivity (Wildman–Crippen MR) is 104 cm³/mol. The summed E-state index contributed by atoms with van der Waals surface area (Å²) in [7, 11) is 2.89. The molecule has 1 saturated heterocycles. The Kier molecular flexibility index (Phi) is 6.82. The van der Waals surface area contributed by atoms with E-state index in [4.69, 9.17) is 14.2 Å². The highest BCUT2D eigenvalue weighted by Gasteiger charge is 2.40. The molecule has 0 unspecified atom stereocenters. The first-order chi connectivity index (χ1) is 14.0. The van der Waals surface area contributed by atoms with Crippen LogP contribution in [0.5, 0.6) is 11.5 Å². The zero-order valence-corrected chi connectivity index (χ0v) is 16.5. The number of esters is 1. The lowest BCUT2D eigenvalue weighted by atomic mass is 10.1. The Hall–Kier alpha value is -2.93. The monoisotopic (exact) mass is 401 g/mol. The molecule has 1 aliphatic rings. The summed E-state index contributed by atoms with van der Waals surface area (Å²) in [5.74, 6) is 0.266. The van der Waals surface area contributed by atoms with Crippen molar-refractivity contribution in [1.29, 1.82) is 0 Å². The summed E-state index contributed by atoms with van der Waals surface area (Å²) < 4.78 is 28.9. The first kappa shape index (κ1) is 20.8. The molecule has 1 fully saturated rings. The third-order valence-electron chi connectivity index (χ3n) is 4.96. The van der Waals surface area contributed by atoms with Crippen LogP contribution >= 0.6 is 0 Å². The van der Waals surface area contributed by atoms with Crippen molar-refractivity contribution in [3.05, 3.63) is 59.9 Å². The second kappa shape index (κ2) is 9.52. The van der Waals surface area contributed by atoms with Crippen molar-refractivity contribution >= 4 is 11.9 Å². The topological polar surface area (TPSA) is 65.1 Å². The molecule has 7 heteroatoms. The van der Waals surface area contributed by atoms with E-state index in [1.54, 1.807) is 30.2 Å². The number of nitrogens with zero attached hydrogens (tertiary/aromatic N) is 1. The van der Waals surface area contributed by atoms with E-state index in [2.05, 4.69) is 0 Å². The molecular weight excluding hydrogens is 377 g/mol. The van der Waals surface area contributed by atoms with Crippen LogP contribution in [0.1, 0.15) is 18.4 Å². The van der Waals surface area contributed by atoms with Gasteiger partial charge in [-0.2, -0.15) is 0 Å². The summed E-state index contributed by atoms with van der Waals surface area (Å²) in [6.07, 6.45) is 1.02. The van der Waals surface area contributed by atoms with Crippen molar-refractivity contribution in [2.75, 3.05) is 20.8 Å². The number of ether oxygens (including phenoxy) is 3. The van der Waals surface area contributed by atoms with Gasteiger partial charge in [-0.05, 0) is 48.4 Å². The van der Waals surface area contributed by atoms with Crippen LogP contribution in [0.3, 0.4) is 0 Å². The van der Waals surface area contributed by atoms with Crippen LogP contribution in [0, 0.1) is 5.82 Å². The second-order valence-corrected chi connectivity index (χ2v) is 6.88. The average molecular weight is 401 g/mol. The number of methoxy groups -OCH3 is 2. The maximum Gasteiger partial charge on any atom is 0.328 e. The van der Waals surface area contributed by atoms with Crippen LogP contribution in [0.25, 0.3) is 0 Å². The Balaban J connectivity index is 1.61. The third kappa shape index (κ3) is 5.32. The second-order valence-electron chi connectivity index (χ2n) is 6.88. The van der Waals surface area contributed by atoms with E-state index < -0.39 is 12.0 Å². The fraction of sp³-hybridized carbons (Fsp3) is 0.364. The molecule has 0 saturated carbocycles. The third-order valence-corrected chi connectivity index (χ3v) is 4.96. The number of carbonyl (C=O) groups is 2. The number of hydrogen-bond donors (Lipinski definition) is 0. The molecule has 2 atom stereocenters. The predicted octanol–water partition coefficient (Wildman–Crippen LogP) is 3.34. The molecule has 3 rings (SSSR count). The summed E-state index contributed by atoms with van der Waals surface area (Å²) in [4.78, 5) is 26.2. The lowest BCUT2D eigenvalue weighted by Gasteiger charge is -2.22. The van der Waals surface area contributed by atoms with E-state index in [1.807, 2.05) is 18.2 Å². The first-order valence-electron chi connectivity index (χ1n) is 9.42. The van der Waals surface area contributed by atoms with Crippen molar-refractivity contribution < 1.29 is 28.2 Å². The van der Waals surface area contributed by atoms with Crippen LogP contribution in [-0.2, 0) is 25.5 Å². The number of carbonyl (C=O) groups excluding carboxylic acids is 2. The van der Waals surface area contributed by atoms with Crippen LogP contribution in [0.2, 0.25) is 0 Å². The molecule has 1 aliphatic heterocycles. The zero-order valence-electron chi connectivity index (χ0n) is 16.5. The molecule has 0 aromatic heterocycles. The first-order valence-corrected chi connectivity index (χ1v) is 9.42. The average Bonchev–Trinajstić information content (AvgIpc) is 3.18. The number of aryl methyl sites for hydroxylation is 1. The van der Waals surface area contributed by atoms with E-state index in [1.165, 1.54) is 19.2 Å². The van der Waals surface area contributed by atoms with E-state index in [0.717, 1.165) is 5.56 Å². The van der Waals surface area contributed by atoms with Gasteiger partial charge in [-0.3, -0.25) is 4.79 Å². The Morgan fingerprint density at radius 1 is 1.10 bits per heavy atom. The maximum atomic E-state index is 13.0. The van der Waals surface area contributed by atoms with Crippen molar-refractivity contribution in [3.63, 3.8) is 0 Å². The molecule has 2 aromatic rings. The van der Waals surface area contributed by atoms with Gasteiger partial charge in [0.25, 0.3) is 0 Å². The SMILES string of the molecule is COC(=O)[C@@H]1C[C@@H](OC)CN1C(=O)CCc1cccc(Oc2ccc(F)cc2)c1. The molecule has 0 bridgehead atoms. The summed E-state index contributed by atoms with van der Waals surface area (Å²) in [5.41, 5.74) is 0.926. The van der Waals surface area contributed by atoms with E-state index >= 15 is 0 Å². The maximum absolute atomic E-state index is 13.0. The quantitative estimate of drug-likeness (QED) is 0.666. The van der Waals surface area contributed by atoms with E-state index in [9.17, 15) is 14.0 Å². The summed E-state index contributed by atoms with van der Waals surface area (Å²) >= 11 is 0. The Morgan fingerprint density at radius 2 is 1.86 bits per heavy atom. The van der Waals surface area contributed by atoms with Gasteiger partial charge in [0.1, 0.15) is 23.4 Å².